The highest BCUT2D eigenvalue weighted by Crippen LogP contribution is 2.05. The van der Waals surface area contributed by atoms with Gasteiger partial charge in [0.05, 0.1) is 5.56 Å². The van der Waals surface area contributed by atoms with Crippen LogP contribution in [0.25, 0.3) is 0 Å². The molecule has 0 aliphatic carbocycles. The second-order valence-electron chi connectivity index (χ2n) is 3.57. The standard InChI is InChI=1S/C10H15N3O/c1-7(2)5-12-9-4-3-8(6-13-9)10(11)14/h3-4,6-7H,5H2,1-2H3,(H2,11,14)(H,12,13). The first kappa shape index (κ1) is 10.5. The van der Waals surface area contributed by atoms with E-state index < -0.39 is 5.91 Å². The van der Waals surface area contributed by atoms with E-state index in [-0.39, 0.29) is 0 Å². The molecular weight excluding hydrogens is 178 g/mol. The van der Waals surface area contributed by atoms with Crippen molar-refractivity contribution in [2.45, 2.75) is 13.8 Å². The van der Waals surface area contributed by atoms with Crippen LogP contribution in [0, 0.1) is 5.92 Å². The van der Waals surface area contributed by atoms with Crippen LogP contribution in [0.1, 0.15) is 24.2 Å². The summed E-state index contributed by atoms with van der Waals surface area (Å²) in [6.07, 6.45) is 1.48. The minimum absolute atomic E-state index is 0.431. The van der Waals surface area contributed by atoms with Gasteiger partial charge in [-0.15, -0.1) is 0 Å². The van der Waals surface area contributed by atoms with Crippen LogP contribution in [0.4, 0.5) is 5.82 Å². The number of nitrogens with two attached hydrogens (primary N) is 1. The smallest absolute Gasteiger partial charge is 0.250 e. The van der Waals surface area contributed by atoms with Crippen LogP contribution in [0.15, 0.2) is 18.3 Å². The maximum absolute atomic E-state index is 10.7. The predicted molar refractivity (Wildman–Crippen MR) is 56.1 cm³/mol. The number of hydrogen-bond donors (Lipinski definition) is 2. The van der Waals surface area contributed by atoms with E-state index in [0.29, 0.717) is 11.5 Å². The van der Waals surface area contributed by atoms with E-state index in [4.69, 9.17) is 5.73 Å². The Bertz CT molecular complexity index is 306. The quantitative estimate of drug-likeness (QED) is 0.756. The van der Waals surface area contributed by atoms with Gasteiger partial charge in [0, 0.05) is 12.7 Å². The zero-order valence-corrected chi connectivity index (χ0v) is 8.45. The molecule has 0 saturated heterocycles. The van der Waals surface area contributed by atoms with Crippen LogP contribution >= 0.6 is 0 Å². The molecule has 0 spiro atoms. The number of nitrogens with one attached hydrogen (secondary N) is 1. The SMILES string of the molecule is CC(C)CNc1ccc(C(N)=O)cn1. The molecule has 0 unspecified atom stereocenters. The molecule has 0 aliphatic rings. The van der Waals surface area contributed by atoms with Crippen LogP contribution in [0.5, 0.6) is 0 Å². The highest BCUT2D eigenvalue weighted by Gasteiger charge is 2.00. The number of carbonyl (C=O) groups excluding carboxylic acids is 1. The molecule has 0 bridgehead atoms. The lowest BCUT2D eigenvalue weighted by molar-refractivity contribution is 0.1000. The molecule has 0 aliphatic heterocycles. The molecule has 0 aromatic carbocycles. The lowest BCUT2D eigenvalue weighted by atomic mass is 10.2. The van der Waals surface area contributed by atoms with Gasteiger partial charge in [0.15, 0.2) is 0 Å². The molecule has 76 valence electrons. The summed E-state index contributed by atoms with van der Waals surface area (Å²) in [5, 5.41) is 3.15. The largest absolute Gasteiger partial charge is 0.370 e. The van der Waals surface area contributed by atoms with Crippen molar-refractivity contribution >= 4 is 11.7 Å². The Balaban J connectivity index is 2.60. The van der Waals surface area contributed by atoms with Crippen LogP contribution in [0.3, 0.4) is 0 Å². The maximum Gasteiger partial charge on any atom is 0.250 e. The van der Waals surface area contributed by atoms with E-state index >= 15 is 0 Å². The van der Waals surface area contributed by atoms with Crippen molar-refractivity contribution in [1.29, 1.82) is 0 Å². The Kier molecular flexibility index (Phi) is 3.45. The number of pyridine rings is 1. The van der Waals surface area contributed by atoms with Crippen LogP contribution < -0.4 is 11.1 Å². The first-order valence-corrected chi connectivity index (χ1v) is 4.59. The number of aromatic nitrogens is 1. The van der Waals surface area contributed by atoms with Crippen molar-refractivity contribution in [1.82, 2.24) is 4.98 Å². The molecule has 0 atom stereocenters. The highest BCUT2D eigenvalue weighted by atomic mass is 16.1. The summed E-state index contributed by atoms with van der Waals surface area (Å²) in [6.45, 7) is 5.10. The average Bonchev–Trinajstić information content (AvgIpc) is 2.15. The van der Waals surface area contributed by atoms with Crippen LogP contribution in [-0.4, -0.2) is 17.4 Å². The summed E-state index contributed by atoms with van der Waals surface area (Å²) in [6, 6.07) is 3.42. The average molecular weight is 193 g/mol. The van der Waals surface area contributed by atoms with Gasteiger partial charge in [-0.25, -0.2) is 4.98 Å². The second kappa shape index (κ2) is 4.60. The third-order valence-electron chi connectivity index (χ3n) is 1.74. The van der Waals surface area contributed by atoms with Gasteiger partial charge in [-0.1, -0.05) is 13.8 Å². The van der Waals surface area contributed by atoms with Crippen molar-refractivity contribution in [3.05, 3.63) is 23.9 Å². The summed E-state index contributed by atoms with van der Waals surface area (Å²) in [5.74, 6) is 0.879. The molecule has 0 saturated carbocycles. The van der Waals surface area contributed by atoms with Crippen molar-refractivity contribution in [2.75, 3.05) is 11.9 Å². The molecule has 0 fully saturated rings. The number of amides is 1. The summed E-state index contributed by atoms with van der Waals surface area (Å²) in [5.41, 5.74) is 5.52. The van der Waals surface area contributed by atoms with E-state index in [9.17, 15) is 4.79 Å². The first-order chi connectivity index (χ1) is 6.59. The van der Waals surface area contributed by atoms with Crippen molar-refractivity contribution in [2.24, 2.45) is 11.7 Å². The monoisotopic (exact) mass is 193 g/mol. The van der Waals surface area contributed by atoms with Gasteiger partial charge in [-0.2, -0.15) is 0 Å². The second-order valence-corrected chi connectivity index (χ2v) is 3.57. The molecule has 1 amide bonds. The van der Waals surface area contributed by atoms with Gasteiger partial charge < -0.3 is 11.1 Å². The van der Waals surface area contributed by atoms with E-state index in [1.165, 1.54) is 6.20 Å². The molecule has 14 heavy (non-hydrogen) atoms. The zero-order valence-electron chi connectivity index (χ0n) is 8.45. The number of nitrogens with zero attached hydrogens (tertiary/aromatic N) is 1. The number of rotatable bonds is 4. The lowest BCUT2D eigenvalue weighted by Gasteiger charge is -2.07. The fourth-order valence-corrected chi connectivity index (χ4v) is 0.953. The first-order valence-electron chi connectivity index (χ1n) is 4.59. The molecule has 4 nitrogen and oxygen atoms in total. The maximum atomic E-state index is 10.7. The number of hydrogen-bond acceptors (Lipinski definition) is 3. The minimum Gasteiger partial charge on any atom is -0.370 e. The van der Waals surface area contributed by atoms with E-state index in [1.807, 2.05) is 0 Å². The summed E-state index contributed by atoms with van der Waals surface area (Å²) in [4.78, 5) is 14.8. The minimum atomic E-state index is -0.451. The zero-order chi connectivity index (χ0) is 10.6. The van der Waals surface area contributed by atoms with Gasteiger partial charge in [0.2, 0.25) is 5.91 Å². The third-order valence-corrected chi connectivity index (χ3v) is 1.74. The van der Waals surface area contributed by atoms with Gasteiger partial charge >= 0.3 is 0 Å². The molecule has 1 rings (SSSR count). The fourth-order valence-electron chi connectivity index (χ4n) is 0.953. The molecule has 1 aromatic heterocycles. The van der Waals surface area contributed by atoms with Gasteiger partial charge in [-0.05, 0) is 18.1 Å². The van der Waals surface area contributed by atoms with E-state index in [2.05, 4.69) is 24.1 Å². The number of primary amides is 1. The summed E-state index contributed by atoms with van der Waals surface area (Å²) < 4.78 is 0. The Morgan fingerprint density at radius 1 is 1.57 bits per heavy atom. The third kappa shape index (κ3) is 3.05. The van der Waals surface area contributed by atoms with Gasteiger partial charge in [0.25, 0.3) is 0 Å². The molecular formula is C10H15N3O. The van der Waals surface area contributed by atoms with E-state index in [1.54, 1.807) is 12.1 Å². The molecule has 4 heteroatoms. The van der Waals surface area contributed by atoms with Gasteiger partial charge in [-0.3, -0.25) is 4.79 Å². The lowest BCUT2D eigenvalue weighted by Crippen LogP contribution is -2.12. The molecule has 3 N–H and O–H groups in total. The van der Waals surface area contributed by atoms with Crippen molar-refractivity contribution in [3.8, 4) is 0 Å². The van der Waals surface area contributed by atoms with Crippen LogP contribution in [-0.2, 0) is 0 Å². The molecule has 1 aromatic rings. The highest BCUT2D eigenvalue weighted by molar-refractivity contribution is 5.92. The fraction of sp³-hybridized carbons (Fsp3) is 0.400. The Hall–Kier alpha value is -1.58. The van der Waals surface area contributed by atoms with Gasteiger partial charge in [0.1, 0.15) is 5.82 Å². The Morgan fingerprint density at radius 2 is 2.29 bits per heavy atom. The molecule has 0 radical (unpaired) electrons. The summed E-state index contributed by atoms with van der Waals surface area (Å²) >= 11 is 0. The van der Waals surface area contributed by atoms with E-state index in [0.717, 1.165) is 12.4 Å². The number of anilines is 1. The van der Waals surface area contributed by atoms with Crippen LogP contribution in [0.2, 0.25) is 0 Å². The normalized spacial score (nSPS) is 10.2. The number of carbonyl (C=O) groups is 1. The molecule has 1 heterocycles. The van der Waals surface area contributed by atoms with Crippen molar-refractivity contribution < 1.29 is 4.79 Å². The van der Waals surface area contributed by atoms with Crippen molar-refractivity contribution in [3.63, 3.8) is 0 Å². The topological polar surface area (TPSA) is 68.0 Å². The Labute approximate surface area is 83.5 Å². The Morgan fingerprint density at radius 3 is 2.71 bits per heavy atom. The summed E-state index contributed by atoms with van der Waals surface area (Å²) in [7, 11) is 0. The predicted octanol–water partition coefficient (Wildman–Crippen LogP) is 1.25.